The molecule has 23 heavy (non-hydrogen) atoms. The van der Waals surface area contributed by atoms with Gasteiger partial charge in [-0.3, -0.25) is 5.43 Å². The van der Waals surface area contributed by atoms with Crippen molar-refractivity contribution >= 4 is 23.5 Å². The van der Waals surface area contributed by atoms with E-state index in [0.29, 0.717) is 11.2 Å². The number of hydrazone groups is 1. The Morgan fingerprint density at radius 3 is 2.96 bits per heavy atom. The second-order valence-electron chi connectivity index (χ2n) is 5.95. The van der Waals surface area contributed by atoms with Crippen LogP contribution in [0.4, 0.5) is 0 Å². The number of hydrogen-bond donors (Lipinski definition) is 2. The van der Waals surface area contributed by atoms with Gasteiger partial charge in [-0.05, 0) is 49.2 Å². The fourth-order valence-electron chi connectivity index (χ4n) is 2.65. The van der Waals surface area contributed by atoms with Gasteiger partial charge in [-0.15, -0.1) is 0 Å². The molecule has 0 atom stereocenters. The first-order chi connectivity index (χ1) is 11.3. The molecule has 1 aromatic carbocycles. The lowest BCUT2D eigenvalue weighted by Crippen LogP contribution is -2.40. The standard InChI is InChI=1S/C18H27N3OS/c1-2-3-12-22-17-11-7-8-15(13-17)14-19-21-18(23)20-16-9-5-4-6-10-16/h7-8,11,13-14,16H,2-6,9-10,12H2,1H3,(H2,20,21,23)/b19-14-. The lowest BCUT2D eigenvalue weighted by atomic mass is 9.96. The molecule has 2 N–H and O–H groups in total. The van der Waals surface area contributed by atoms with Crippen molar-refractivity contribution < 1.29 is 4.74 Å². The summed E-state index contributed by atoms with van der Waals surface area (Å²) in [6.45, 7) is 2.91. The third kappa shape index (κ3) is 6.99. The van der Waals surface area contributed by atoms with Gasteiger partial charge >= 0.3 is 0 Å². The second-order valence-corrected chi connectivity index (χ2v) is 6.36. The minimum absolute atomic E-state index is 0.495. The average Bonchev–Trinajstić information content (AvgIpc) is 2.56. The summed E-state index contributed by atoms with van der Waals surface area (Å²) in [6.07, 6.45) is 10.3. The van der Waals surface area contributed by atoms with Gasteiger partial charge in [0.15, 0.2) is 5.11 Å². The van der Waals surface area contributed by atoms with Crippen LogP contribution < -0.4 is 15.5 Å². The SMILES string of the molecule is CCCCOc1cccc(/C=N\NC(=S)NC2CCCCC2)c1. The van der Waals surface area contributed by atoms with Crippen molar-refractivity contribution in [2.45, 2.75) is 57.9 Å². The fourth-order valence-corrected chi connectivity index (χ4v) is 2.87. The molecule has 0 heterocycles. The van der Waals surface area contributed by atoms with Crippen LogP contribution in [0.5, 0.6) is 5.75 Å². The van der Waals surface area contributed by atoms with E-state index in [1.807, 2.05) is 24.3 Å². The van der Waals surface area contributed by atoms with Crippen LogP contribution in [0, 0.1) is 0 Å². The van der Waals surface area contributed by atoms with Gasteiger partial charge in [0.1, 0.15) is 5.75 Å². The van der Waals surface area contributed by atoms with E-state index in [1.54, 1.807) is 6.21 Å². The molecule has 1 fully saturated rings. The molecular weight excluding hydrogens is 306 g/mol. The minimum atomic E-state index is 0.495. The van der Waals surface area contributed by atoms with Crippen LogP contribution in [0.1, 0.15) is 57.4 Å². The maximum atomic E-state index is 5.69. The van der Waals surface area contributed by atoms with Crippen molar-refractivity contribution in [2.24, 2.45) is 5.10 Å². The maximum Gasteiger partial charge on any atom is 0.187 e. The van der Waals surface area contributed by atoms with Gasteiger partial charge in [0.05, 0.1) is 12.8 Å². The Kier molecular flexibility index (Phi) is 7.87. The summed E-state index contributed by atoms with van der Waals surface area (Å²) in [5, 5.41) is 8.14. The quantitative estimate of drug-likeness (QED) is 0.343. The molecule has 1 aliphatic rings. The van der Waals surface area contributed by atoms with E-state index in [-0.39, 0.29) is 0 Å². The topological polar surface area (TPSA) is 45.6 Å². The predicted molar refractivity (Wildman–Crippen MR) is 100 cm³/mol. The highest BCUT2D eigenvalue weighted by atomic mass is 32.1. The van der Waals surface area contributed by atoms with E-state index in [0.717, 1.165) is 30.8 Å². The molecule has 0 aliphatic heterocycles. The molecule has 0 radical (unpaired) electrons. The molecule has 1 aliphatic carbocycles. The van der Waals surface area contributed by atoms with Crippen LogP contribution in [-0.2, 0) is 0 Å². The summed E-state index contributed by atoms with van der Waals surface area (Å²) in [5.74, 6) is 0.880. The number of benzene rings is 1. The van der Waals surface area contributed by atoms with Crippen molar-refractivity contribution in [3.05, 3.63) is 29.8 Å². The minimum Gasteiger partial charge on any atom is -0.494 e. The molecule has 0 unspecified atom stereocenters. The number of unbranched alkanes of at least 4 members (excludes halogenated alkanes) is 1. The zero-order chi connectivity index (χ0) is 16.3. The van der Waals surface area contributed by atoms with E-state index < -0.39 is 0 Å². The summed E-state index contributed by atoms with van der Waals surface area (Å²) in [7, 11) is 0. The molecule has 4 nitrogen and oxygen atoms in total. The van der Waals surface area contributed by atoms with E-state index >= 15 is 0 Å². The summed E-state index contributed by atoms with van der Waals surface area (Å²) < 4.78 is 5.69. The van der Waals surface area contributed by atoms with Gasteiger partial charge in [-0.2, -0.15) is 5.10 Å². The molecule has 0 saturated heterocycles. The van der Waals surface area contributed by atoms with Crippen LogP contribution >= 0.6 is 12.2 Å². The molecule has 0 aromatic heterocycles. The van der Waals surface area contributed by atoms with E-state index in [2.05, 4.69) is 22.8 Å². The van der Waals surface area contributed by atoms with Crippen LogP contribution in [0.25, 0.3) is 0 Å². The highest BCUT2D eigenvalue weighted by molar-refractivity contribution is 7.80. The monoisotopic (exact) mass is 333 g/mol. The largest absolute Gasteiger partial charge is 0.494 e. The van der Waals surface area contributed by atoms with Gasteiger partial charge in [-0.25, -0.2) is 0 Å². The van der Waals surface area contributed by atoms with Crippen molar-refractivity contribution in [2.75, 3.05) is 6.61 Å². The predicted octanol–water partition coefficient (Wildman–Crippen LogP) is 4.00. The zero-order valence-electron chi connectivity index (χ0n) is 13.9. The zero-order valence-corrected chi connectivity index (χ0v) is 14.7. The van der Waals surface area contributed by atoms with E-state index in [1.165, 1.54) is 32.1 Å². The highest BCUT2D eigenvalue weighted by Crippen LogP contribution is 2.17. The number of ether oxygens (including phenoxy) is 1. The van der Waals surface area contributed by atoms with Gasteiger partial charge in [0, 0.05) is 6.04 Å². The first kappa shape index (κ1) is 17.7. The fraction of sp³-hybridized carbons (Fsp3) is 0.556. The summed E-state index contributed by atoms with van der Waals surface area (Å²) in [6, 6.07) is 8.42. The Labute approximate surface area is 144 Å². The van der Waals surface area contributed by atoms with E-state index in [9.17, 15) is 0 Å². The molecule has 1 saturated carbocycles. The summed E-state index contributed by atoms with van der Waals surface area (Å²) in [5.41, 5.74) is 3.89. The first-order valence-electron chi connectivity index (χ1n) is 8.60. The summed E-state index contributed by atoms with van der Waals surface area (Å²) in [4.78, 5) is 0. The number of hydrogen-bond acceptors (Lipinski definition) is 3. The number of nitrogens with zero attached hydrogens (tertiary/aromatic N) is 1. The van der Waals surface area contributed by atoms with Gasteiger partial charge in [-0.1, -0.05) is 44.7 Å². The number of nitrogens with one attached hydrogen (secondary N) is 2. The van der Waals surface area contributed by atoms with Crippen molar-refractivity contribution in [3.8, 4) is 5.75 Å². The molecular formula is C18H27N3OS. The first-order valence-corrected chi connectivity index (χ1v) is 9.01. The lowest BCUT2D eigenvalue weighted by Gasteiger charge is -2.23. The molecule has 0 amide bonds. The van der Waals surface area contributed by atoms with Crippen LogP contribution in [0.15, 0.2) is 29.4 Å². The van der Waals surface area contributed by atoms with Crippen LogP contribution in [0.3, 0.4) is 0 Å². The lowest BCUT2D eigenvalue weighted by molar-refractivity contribution is 0.309. The Morgan fingerprint density at radius 1 is 1.35 bits per heavy atom. The molecule has 126 valence electrons. The van der Waals surface area contributed by atoms with E-state index in [4.69, 9.17) is 17.0 Å². The second kappa shape index (κ2) is 10.2. The Bertz CT molecular complexity index is 513. The average molecular weight is 334 g/mol. The molecule has 2 rings (SSSR count). The van der Waals surface area contributed by atoms with Gasteiger partial charge < -0.3 is 10.1 Å². The smallest absolute Gasteiger partial charge is 0.187 e. The van der Waals surface area contributed by atoms with Crippen molar-refractivity contribution in [1.82, 2.24) is 10.7 Å². The molecule has 5 heteroatoms. The maximum absolute atomic E-state index is 5.69. The van der Waals surface area contributed by atoms with Crippen molar-refractivity contribution in [1.29, 1.82) is 0 Å². The molecule has 1 aromatic rings. The highest BCUT2D eigenvalue weighted by Gasteiger charge is 2.13. The Hall–Kier alpha value is -1.62. The van der Waals surface area contributed by atoms with Crippen LogP contribution in [0.2, 0.25) is 0 Å². The Morgan fingerprint density at radius 2 is 2.17 bits per heavy atom. The van der Waals surface area contributed by atoms with Crippen molar-refractivity contribution in [3.63, 3.8) is 0 Å². The third-order valence-electron chi connectivity index (χ3n) is 3.94. The number of rotatable bonds is 7. The number of thiocarbonyl (C=S) groups is 1. The molecule has 0 bridgehead atoms. The van der Waals surface area contributed by atoms with Crippen LogP contribution in [-0.4, -0.2) is 24.0 Å². The third-order valence-corrected chi connectivity index (χ3v) is 4.15. The Balaban J connectivity index is 1.75. The van der Waals surface area contributed by atoms with Gasteiger partial charge in [0.2, 0.25) is 0 Å². The van der Waals surface area contributed by atoms with Gasteiger partial charge in [0.25, 0.3) is 0 Å². The normalized spacial score (nSPS) is 15.5. The molecule has 0 spiro atoms. The summed E-state index contributed by atoms with van der Waals surface area (Å²) >= 11 is 5.29.